The van der Waals surface area contributed by atoms with Crippen LogP contribution in [-0.4, -0.2) is 38.5 Å². The van der Waals surface area contributed by atoms with E-state index < -0.39 is 24.5 Å². The fraction of sp³-hybridized carbons (Fsp3) is 0.167. The van der Waals surface area contributed by atoms with Crippen molar-refractivity contribution in [1.29, 1.82) is 0 Å². The van der Waals surface area contributed by atoms with Gasteiger partial charge in [-0.1, -0.05) is 6.58 Å². The molecule has 0 rings (SSSR count). The van der Waals surface area contributed by atoms with Gasteiger partial charge in [-0.05, 0) is 0 Å². The number of rotatable bonds is 3. The molecular weight excluding hydrogens is 184 g/mol. The van der Waals surface area contributed by atoms with E-state index in [1.165, 1.54) is 0 Å². The maximum absolute atomic E-state index is 9.87. The first-order valence-corrected chi connectivity index (χ1v) is 2.82. The fourth-order valence-corrected chi connectivity index (χ4v) is 0.258. The van der Waals surface area contributed by atoms with E-state index in [1.54, 1.807) is 0 Å². The van der Waals surface area contributed by atoms with Gasteiger partial charge >= 0.3 is 18.1 Å². The summed E-state index contributed by atoms with van der Waals surface area (Å²) in [4.78, 5) is 28.2. The molecule has 0 aliphatic carbocycles. The minimum absolute atomic E-state index is 0.303. The summed E-state index contributed by atoms with van der Waals surface area (Å²) in [5, 5.41) is 30.0. The third kappa shape index (κ3) is 17.8. The van der Waals surface area contributed by atoms with Crippen LogP contribution in [0.25, 0.3) is 0 Å². The Morgan fingerprint density at radius 1 is 1.00 bits per heavy atom. The molecule has 0 aromatic carbocycles. The number of aliphatic carboxylic acids is 2. The van der Waals surface area contributed by atoms with Crippen molar-refractivity contribution in [2.24, 2.45) is 0 Å². The maximum Gasteiger partial charge on any atom is 0.503 e. The van der Waals surface area contributed by atoms with E-state index in [0.717, 1.165) is 0 Å². The number of carbonyl (C=O) groups is 3. The van der Waals surface area contributed by atoms with E-state index in [-0.39, 0.29) is 5.57 Å². The van der Waals surface area contributed by atoms with Crippen LogP contribution in [0.4, 0.5) is 4.79 Å². The lowest BCUT2D eigenvalue weighted by Crippen LogP contribution is -2.04. The van der Waals surface area contributed by atoms with Crippen LogP contribution in [0.1, 0.15) is 6.42 Å². The highest BCUT2D eigenvalue weighted by Crippen LogP contribution is 1.95. The zero-order valence-corrected chi connectivity index (χ0v) is 6.43. The molecule has 0 bridgehead atoms. The molecule has 0 aromatic heterocycles. The summed E-state index contributed by atoms with van der Waals surface area (Å²) < 4.78 is 0. The van der Waals surface area contributed by atoms with Crippen LogP contribution in [0, 0.1) is 0 Å². The van der Waals surface area contributed by atoms with E-state index in [1.807, 2.05) is 0 Å². The zero-order valence-electron chi connectivity index (χ0n) is 6.43. The monoisotopic (exact) mass is 192 g/mol. The third-order valence-electron chi connectivity index (χ3n) is 0.667. The van der Waals surface area contributed by atoms with E-state index in [9.17, 15) is 9.59 Å². The molecule has 74 valence electrons. The second kappa shape index (κ2) is 6.65. The lowest BCUT2D eigenvalue weighted by Gasteiger charge is -1.91. The molecule has 0 aromatic rings. The Morgan fingerprint density at radius 2 is 1.31 bits per heavy atom. The topological polar surface area (TPSA) is 132 Å². The largest absolute Gasteiger partial charge is 0.503 e. The number of carboxylic acids is 2. The molecule has 0 atom stereocenters. The van der Waals surface area contributed by atoms with Crippen molar-refractivity contribution in [3.63, 3.8) is 0 Å². The fourth-order valence-electron chi connectivity index (χ4n) is 0.258. The summed E-state index contributed by atoms with van der Waals surface area (Å²) in [5.41, 5.74) is -0.303. The van der Waals surface area contributed by atoms with E-state index >= 15 is 0 Å². The van der Waals surface area contributed by atoms with Crippen molar-refractivity contribution < 1.29 is 34.8 Å². The number of hydrogen-bond donors (Lipinski definition) is 4. The van der Waals surface area contributed by atoms with Crippen molar-refractivity contribution in [2.45, 2.75) is 6.42 Å². The second-order valence-corrected chi connectivity index (χ2v) is 1.76. The molecule has 0 saturated carbocycles. The van der Waals surface area contributed by atoms with Gasteiger partial charge in [0, 0.05) is 5.57 Å². The lowest BCUT2D eigenvalue weighted by atomic mass is 10.2. The summed E-state index contributed by atoms with van der Waals surface area (Å²) in [6.07, 6.45) is -2.34. The SMILES string of the molecule is C=C(CC(=O)O)C(=O)O.O=C(O)O. The van der Waals surface area contributed by atoms with Gasteiger partial charge in [-0.15, -0.1) is 0 Å². The first-order chi connectivity index (χ1) is 5.77. The van der Waals surface area contributed by atoms with Gasteiger partial charge in [-0.25, -0.2) is 9.59 Å². The highest BCUT2D eigenvalue weighted by Gasteiger charge is 2.07. The quantitative estimate of drug-likeness (QED) is 0.473. The van der Waals surface area contributed by atoms with Crippen molar-refractivity contribution >= 4 is 18.1 Å². The Hall–Kier alpha value is -2.05. The van der Waals surface area contributed by atoms with Gasteiger partial charge in [0.2, 0.25) is 0 Å². The van der Waals surface area contributed by atoms with Crippen LogP contribution in [-0.2, 0) is 9.59 Å². The van der Waals surface area contributed by atoms with Gasteiger partial charge in [-0.2, -0.15) is 0 Å². The Labute approximate surface area is 72.5 Å². The molecule has 0 saturated heterocycles. The van der Waals surface area contributed by atoms with Gasteiger partial charge in [0.15, 0.2) is 0 Å². The minimum Gasteiger partial charge on any atom is -0.481 e. The molecule has 0 fully saturated rings. The predicted octanol–water partition coefficient (Wildman–Crippen LogP) is 0.324. The average Bonchev–Trinajstić information content (AvgIpc) is 1.83. The molecule has 0 spiro atoms. The molecule has 7 heteroatoms. The Balaban J connectivity index is 0. The van der Waals surface area contributed by atoms with Gasteiger partial charge < -0.3 is 20.4 Å². The average molecular weight is 192 g/mol. The van der Waals surface area contributed by atoms with E-state index in [4.69, 9.17) is 25.2 Å². The van der Waals surface area contributed by atoms with Gasteiger partial charge in [0.25, 0.3) is 0 Å². The van der Waals surface area contributed by atoms with Crippen LogP contribution in [0.3, 0.4) is 0 Å². The normalized spacial score (nSPS) is 7.69. The minimum atomic E-state index is -1.83. The summed E-state index contributed by atoms with van der Waals surface area (Å²) in [7, 11) is 0. The highest BCUT2D eigenvalue weighted by molar-refractivity contribution is 5.91. The summed E-state index contributed by atoms with van der Waals surface area (Å²) in [6.45, 7) is 3.01. The van der Waals surface area contributed by atoms with Gasteiger partial charge in [0.1, 0.15) is 0 Å². The van der Waals surface area contributed by atoms with Crippen LogP contribution in [0.15, 0.2) is 12.2 Å². The van der Waals surface area contributed by atoms with E-state index in [0.29, 0.717) is 0 Å². The molecule has 0 amide bonds. The second-order valence-electron chi connectivity index (χ2n) is 1.76. The highest BCUT2D eigenvalue weighted by atomic mass is 16.6. The molecule has 0 radical (unpaired) electrons. The van der Waals surface area contributed by atoms with Crippen molar-refractivity contribution in [3.8, 4) is 0 Å². The molecule has 0 aliphatic rings. The molecular formula is C6H8O7. The first-order valence-electron chi connectivity index (χ1n) is 2.82. The Bertz CT molecular complexity index is 225. The summed E-state index contributed by atoms with van der Waals surface area (Å²) in [5.74, 6) is -2.44. The summed E-state index contributed by atoms with van der Waals surface area (Å²) >= 11 is 0. The standard InChI is InChI=1S/C5H6O4.CH2O3/c1-3(5(8)9)2-4(6)7;2-1(3)4/h1-2H2,(H,6,7)(H,8,9);(H2,2,3,4). The molecule has 0 unspecified atom stereocenters. The van der Waals surface area contributed by atoms with E-state index in [2.05, 4.69) is 6.58 Å². The maximum atomic E-state index is 9.87. The van der Waals surface area contributed by atoms with Crippen molar-refractivity contribution in [3.05, 3.63) is 12.2 Å². The van der Waals surface area contributed by atoms with Crippen LogP contribution in [0.5, 0.6) is 0 Å². The summed E-state index contributed by atoms with van der Waals surface area (Å²) in [6, 6.07) is 0. The van der Waals surface area contributed by atoms with Gasteiger partial charge in [0.05, 0.1) is 6.42 Å². The molecule has 13 heavy (non-hydrogen) atoms. The third-order valence-corrected chi connectivity index (χ3v) is 0.667. The Morgan fingerprint density at radius 3 is 1.38 bits per heavy atom. The van der Waals surface area contributed by atoms with Crippen LogP contribution in [0.2, 0.25) is 0 Å². The van der Waals surface area contributed by atoms with Crippen LogP contribution < -0.4 is 0 Å². The molecule has 4 N–H and O–H groups in total. The van der Waals surface area contributed by atoms with Crippen molar-refractivity contribution in [2.75, 3.05) is 0 Å². The number of carboxylic acid groups (broad SMARTS) is 4. The van der Waals surface area contributed by atoms with Crippen LogP contribution >= 0.6 is 0 Å². The molecule has 0 aliphatic heterocycles. The predicted molar refractivity (Wildman–Crippen MR) is 39.7 cm³/mol. The van der Waals surface area contributed by atoms with Gasteiger partial charge in [-0.3, -0.25) is 4.79 Å². The first kappa shape index (κ1) is 13.5. The smallest absolute Gasteiger partial charge is 0.481 e. The lowest BCUT2D eigenvalue weighted by molar-refractivity contribution is -0.139. The molecule has 7 nitrogen and oxygen atoms in total. The van der Waals surface area contributed by atoms with Crippen molar-refractivity contribution in [1.82, 2.24) is 0 Å². The Kier molecular flexibility index (Phi) is 6.92. The zero-order chi connectivity index (χ0) is 11.0. The molecule has 0 heterocycles. The number of hydrogen-bond acceptors (Lipinski definition) is 3.